The minimum absolute atomic E-state index is 0.103. The highest BCUT2D eigenvalue weighted by molar-refractivity contribution is 7.92. The van der Waals surface area contributed by atoms with Crippen LogP contribution in [0.25, 0.3) is 0 Å². The summed E-state index contributed by atoms with van der Waals surface area (Å²) >= 11 is -0.458. The molecule has 25 heavy (non-hydrogen) atoms. The highest BCUT2D eigenvalue weighted by Crippen LogP contribution is 2.17. The monoisotopic (exact) mass is 368 g/mol. The Bertz CT molecular complexity index is 491. The number of ether oxygens (including phenoxy) is 2. The molecule has 0 spiro atoms. The Morgan fingerprint density at radius 3 is 2.32 bits per heavy atom. The van der Waals surface area contributed by atoms with E-state index in [9.17, 15) is 4.79 Å². The number of benzene rings is 1. The number of para-hydroxylation sites is 1. The summed E-state index contributed by atoms with van der Waals surface area (Å²) in [6.45, 7) is 11.8. The van der Waals surface area contributed by atoms with Gasteiger partial charge in [-0.15, -0.1) is 0 Å². The van der Waals surface area contributed by atoms with Gasteiger partial charge in [0.2, 0.25) is 17.1 Å². The minimum atomic E-state index is -0.458. The van der Waals surface area contributed by atoms with Gasteiger partial charge in [0.05, 0.1) is 13.2 Å². The second-order valence-corrected chi connectivity index (χ2v) is 6.86. The van der Waals surface area contributed by atoms with E-state index in [0.717, 1.165) is 17.9 Å². The highest BCUT2D eigenvalue weighted by atomic mass is 32.2. The first-order valence-corrected chi connectivity index (χ1v) is 10.1. The van der Waals surface area contributed by atoms with Crippen LogP contribution in [0.5, 0.6) is 0 Å². The minimum Gasteiger partial charge on any atom is -0.309 e. The average molecular weight is 369 g/mol. The van der Waals surface area contributed by atoms with Crippen molar-refractivity contribution in [2.75, 3.05) is 37.0 Å². The summed E-state index contributed by atoms with van der Waals surface area (Å²) < 4.78 is 17.2. The molecule has 0 bridgehead atoms. The molecule has 5 nitrogen and oxygen atoms in total. The maximum atomic E-state index is 12.2. The number of hydrogen-bond acceptors (Lipinski definition) is 4. The molecule has 1 rings (SSSR count). The SMILES string of the molecule is C=CC(=O)N(CCC[S+](OCC)C(OCC)OCC)c1ccccc1. The molecule has 1 unspecified atom stereocenters. The van der Waals surface area contributed by atoms with Crippen molar-refractivity contribution in [3.8, 4) is 0 Å². The summed E-state index contributed by atoms with van der Waals surface area (Å²) in [7, 11) is 0. The molecule has 0 N–H and O–H groups in total. The molecule has 0 fully saturated rings. The van der Waals surface area contributed by atoms with Crippen molar-refractivity contribution in [2.24, 2.45) is 0 Å². The van der Waals surface area contributed by atoms with Crippen LogP contribution in [-0.4, -0.2) is 43.6 Å². The molecule has 0 aliphatic rings. The molecule has 1 amide bonds. The summed E-state index contributed by atoms with van der Waals surface area (Å²) in [5, 5.41) is 0. The zero-order valence-corrected chi connectivity index (χ0v) is 16.3. The van der Waals surface area contributed by atoms with Gasteiger partial charge in [-0.25, -0.2) is 0 Å². The molecule has 1 aromatic rings. The predicted molar refractivity (Wildman–Crippen MR) is 105 cm³/mol. The van der Waals surface area contributed by atoms with Crippen LogP contribution in [0.2, 0.25) is 0 Å². The third-order valence-corrected chi connectivity index (χ3v) is 5.26. The van der Waals surface area contributed by atoms with Gasteiger partial charge in [0.1, 0.15) is 12.4 Å². The molecule has 0 saturated heterocycles. The van der Waals surface area contributed by atoms with Gasteiger partial charge in [0.15, 0.2) is 0 Å². The van der Waals surface area contributed by atoms with Gasteiger partial charge in [0.25, 0.3) is 0 Å². The zero-order valence-electron chi connectivity index (χ0n) is 15.5. The molecule has 0 radical (unpaired) electrons. The van der Waals surface area contributed by atoms with Crippen LogP contribution in [0.3, 0.4) is 0 Å². The smallest absolute Gasteiger partial charge is 0.309 e. The van der Waals surface area contributed by atoms with Crippen molar-refractivity contribution >= 4 is 22.8 Å². The maximum Gasteiger partial charge on any atom is 0.362 e. The average Bonchev–Trinajstić information content (AvgIpc) is 2.64. The molecule has 1 atom stereocenters. The van der Waals surface area contributed by atoms with E-state index in [1.165, 1.54) is 6.08 Å². The van der Waals surface area contributed by atoms with Gasteiger partial charge >= 0.3 is 5.62 Å². The molecule has 0 saturated carbocycles. The van der Waals surface area contributed by atoms with E-state index in [4.69, 9.17) is 13.7 Å². The van der Waals surface area contributed by atoms with E-state index in [1.54, 1.807) is 4.90 Å². The van der Waals surface area contributed by atoms with Crippen molar-refractivity contribution in [2.45, 2.75) is 32.8 Å². The lowest BCUT2D eigenvalue weighted by Gasteiger charge is -2.22. The first-order valence-electron chi connectivity index (χ1n) is 8.72. The number of nitrogens with zero attached hydrogens (tertiary/aromatic N) is 1. The number of rotatable bonds is 13. The standard InChI is InChI=1S/C19H30NO4S/c1-5-18(21)20(17-13-10-9-11-14-17)15-12-16-25(24-8-4)19(22-6-2)23-7-3/h5,9-11,13-14,19H,1,6-8,12,15-16H2,2-4H3/q+1. The molecular formula is C19H30NO4S+. The van der Waals surface area contributed by atoms with Gasteiger partial charge in [0, 0.05) is 18.7 Å². The summed E-state index contributed by atoms with van der Waals surface area (Å²) in [6, 6.07) is 9.62. The summed E-state index contributed by atoms with van der Waals surface area (Å²) in [6.07, 6.45) is 2.13. The molecule has 0 aliphatic carbocycles. The topological polar surface area (TPSA) is 48.0 Å². The maximum absolute atomic E-state index is 12.2. The van der Waals surface area contributed by atoms with Crippen LogP contribution in [0, 0.1) is 0 Å². The van der Waals surface area contributed by atoms with Gasteiger partial charge in [-0.3, -0.25) is 4.79 Å². The quantitative estimate of drug-likeness (QED) is 0.304. The molecule has 0 heterocycles. The van der Waals surface area contributed by atoms with E-state index >= 15 is 0 Å². The fourth-order valence-electron chi connectivity index (χ4n) is 2.28. The molecule has 140 valence electrons. The van der Waals surface area contributed by atoms with Gasteiger partial charge in [-0.05, 0) is 39.0 Å². The van der Waals surface area contributed by atoms with E-state index in [0.29, 0.717) is 26.4 Å². The molecule has 0 aromatic heterocycles. The second kappa shape index (κ2) is 12.9. The largest absolute Gasteiger partial charge is 0.362 e. The van der Waals surface area contributed by atoms with Crippen molar-refractivity contribution in [3.05, 3.63) is 43.0 Å². The van der Waals surface area contributed by atoms with E-state index in [-0.39, 0.29) is 11.5 Å². The third kappa shape index (κ3) is 7.61. The van der Waals surface area contributed by atoms with E-state index in [1.807, 2.05) is 51.1 Å². The first kappa shape index (κ1) is 21.7. The van der Waals surface area contributed by atoms with Gasteiger partial charge < -0.3 is 14.4 Å². The third-order valence-electron chi connectivity index (χ3n) is 3.33. The van der Waals surface area contributed by atoms with Crippen LogP contribution >= 0.6 is 0 Å². The highest BCUT2D eigenvalue weighted by Gasteiger charge is 2.34. The fourth-order valence-corrected chi connectivity index (χ4v) is 4.00. The zero-order chi connectivity index (χ0) is 18.5. The lowest BCUT2D eigenvalue weighted by Crippen LogP contribution is -2.35. The van der Waals surface area contributed by atoms with Gasteiger partial charge in [-0.2, -0.15) is 4.18 Å². The van der Waals surface area contributed by atoms with Crippen molar-refractivity contribution in [1.29, 1.82) is 0 Å². The van der Waals surface area contributed by atoms with Crippen LogP contribution in [-0.2, 0) is 29.6 Å². The number of anilines is 1. The lowest BCUT2D eigenvalue weighted by atomic mass is 10.2. The number of carbonyl (C=O) groups is 1. The van der Waals surface area contributed by atoms with Crippen molar-refractivity contribution in [3.63, 3.8) is 0 Å². The Morgan fingerprint density at radius 1 is 1.16 bits per heavy atom. The molecular weight excluding hydrogens is 338 g/mol. The Hall–Kier alpha value is -1.34. The summed E-state index contributed by atoms with van der Waals surface area (Å²) in [4.78, 5) is 13.9. The molecule has 0 aliphatic heterocycles. The van der Waals surface area contributed by atoms with Crippen molar-refractivity contribution in [1.82, 2.24) is 0 Å². The molecule has 6 heteroatoms. The number of amides is 1. The van der Waals surface area contributed by atoms with Crippen LogP contribution in [0.1, 0.15) is 27.2 Å². The summed E-state index contributed by atoms with van der Waals surface area (Å²) in [5.41, 5.74) is 0.519. The summed E-state index contributed by atoms with van der Waals surface area (Å²) in [5.74, 6) is 0.667. The Morgan fingerprint density at radius 2 is 1.80 bits per heavy atom. The molecule has 1 aromatic carbocycles. The second-order valence-electron chi connectivity index (χ2n) is 5.07. The normalized spacial score (nSPS) is 12.2. The Kier molecular flexibility index (Phi) is 11.2. The van der Waals surface area contributed by atoms with Crippen LogP contribution in [0.4, 0.5) is 5.69 Å². The fraction of sp³-hybridized carbons (Fsp3) is 0.526. The van der Waals surface area contributed by atoms with E-state index in [2.05, 4.69) is 6.58 Å². The van der Waals surface area contributed by atoms with Gasteiger partial charge in [-0.1, -0.05) is 24.8 Å². The van der Waals surface area contributed by atoms with Crippen LogP contribution < -0.4 is 4.90 Å². The first-order chi connectivity index (χ1) is 12.2. The van der Waals surface area contributed by atoms with Crippen molar-refractivity contribution < 1.29 is 18.5 Å². The lowest BCUT2D eigenvalue weighted by molar-refractivity contribution is -0.114. The number of carbonyl (C=O) groups excluding carboxylic acids is 1. The Balaban J connectivity index is 2.70. The number of hydrogen-bond donors (Lipinski definition) is 0. The Labute approximate surface area is 154 Å². The predicted octanol–water partition coefficient (Wildman–Crippen LogP) is 3.52. The van der Waals surface area contributed by atoms with E-state index < -0.39 is 11.2 Å². The van der Waals surface area contributed by atoms with Crippen LogP contribution in [0.15, 0.2) is 43.0 Å².